The second-order valence-electron chi connectivity index (χ2n) is 5.01. The molecule has 0 aliphatic carbocycles. The number of anilines is 1. The highest BCUT2D eigenvalue weighted by atomic mass is 15.0. The minimum absolute atomic E-state index is 0.464. The first-order valence-corrected chi connectivity index (χ1v) is 6.51. The minimum atomic E-state index is 0.464. The normalized spacial score (nSPS) is 11.2. The molecule has 17 heavy (non-hydrogen) atoms. The van der Waals surface area contributed by atoms with Gasteiger partial charge in [0.15, 0.2) is 0 Å². The van der Waals surface area contributed by atoms with Crippen LogP contribution in [0.5, 0.6) is 0 Å². The lowest BCUT2D eigenvalue weighted by atomic mass is 10.1. The van der Waals surface area contributed by atoms with Crippen LogP contribution in [0.4, 0.5) is 5.82 Å². The summed E-state index contributed by atoms with van der Waals surface area (Å²) in [5, 5.41) is 6.73. The Balaban J connectivity index is 2.87. The highest BCUT2D eigenvalue weighted by Crippen LogP contribution is 2.17. The zero-order valence-electron chi connectivity index (χ0n) is 11.7. The van der Waals surface area contributed by atoms with Crippen molar-refractivity contribution in [2.45, 2.75) is 53.1 Å². The van der Waals surface area contributed by atoms with Crippen molar-refractivity contribution in [3.05, 3.63) is 23.4 Å². The number of nitrogens with one attached hydrogen (secondary N) is 2. The van der Waals surface area contributed by atoms with Crippen molar-refractivity contribution in [2.24, 2.45) is 0 Å². The molecule has 1 aromatic heterocycles. The number of rotatable bonds is 6. The average Bonchev–Trinajstić information content (AvgIpc) is 2.26. The molecule has 0 fully saturated rings. The van der Waals surface area contributed by atoms with Gasteiger partial charge in [-0.15, -0.1) is 0 Å². The molecule has 3 heteroatoms. The van der Waals surface area contributed by atoms with E-state index in [1.54, 1.807) is 0 Å². The van der Waals surface area contributed by atoms with Crippen LogP contribution in [0.15, 0.2) is 12.1 Å². The van der Waals surface area contributed by atoms with E-state index in [0.29, 0.717) is 12.0 Å². The molecule has 0 aromatic carbocycles. The maximum Gasteiger partial charge on any atom is 0.126 e. The molecule has 3 nitrogen and oxygen atoms in total. The molecule has 0 bridgehead atoms. The van der Waals surface area contributed by atoms with E-state index in [1.165, 1.54) is 5.56 Å². The molecule has 1 heterocycles. The van der Waals surface area contributed by atoms with E-state index in [0.717, 1.165) is 24.6 Å². The molecule has 0 saturated heterocycles. The summed E-state index contributed by atoms with van der Waals surface area (Å²) >= 11 is 0. The summed E-state index contributed by atoms with van der Waals surface area (Å²) in [6.45, 7) is 12.6. The molecule has 2 N–H and O–H groups in total. The van der Waals surface area contributed by atoms with Gasteiger partial charge in [0.1, 0.15) is 5.82 Å². The van der Waals surface area contributed by atoms with Crippen molar-refractivity contribution in [1.29, 1.82) is 0 Å². The first-order chi connectivity index (χ1) is 8.02. The highest BCUT2D eigenvalue weighted by molar-refractivity contribution is 5.40. The lowest BCUT2D eigenvalue weighted by Gasteiger charge is -2.13. The van der Waals surface area contributed by atoms with Gasteiger partial charge < -0.3 is 10.6 Å². The van der Waals surface area contributed by atoms with E-state index in [9.17, 15) is 0 Å². The first kappa shape index (κ1) is 14.0. The van der Waals surface area contributed by atoms with Gasteiger partial charge in [-0.1, -0.05) is 27.7 Å². The van der Waals surface area contributed by atoms with E-state index >= 15 is 0 Å². The number of nitrogens with zero attached hydrogens (tertiary/aromatic N) is 1. The van der Waals surface area contributed by atoms with Crippen LogP contribution in [-0.4, -0.2) is 17.6 Å². The van der Waals surface area contributed by atoms with Crippen LogP contribution in [0.3, 0.4) is 0 Å². The summed E-state index contributed by atoms with van der Waals surface area (Å²) in [5.41, 5.74) is 2.46. The van der Waals surface area contributed by atoms with Crippen molar-refractivity contribution >= 4 is 5.82 Å². The fraction of sp³-hybridized carbons (Fsp3) is 0.643. The van der Waals surface area contributed by atoms with E-state index in [-0.39, 0.29) is 0 Å². The molecule has 0 unspecified atom stereocenters. The molecular weight excluding hydrogens is 210 g/mol. The Morgan fingerprint density at radius 3 is 2.41 bits per heavy atom. The first-order valence-electron chi connectivity index (χ1n) is 6.51. The predicted octanol–water partition coefficient (Wildman–Crippen LogP) is 3.13. The smallest absolute Gasteiger partial charge is 0.126 e. The quantitative estimate of drug-likeness (QED) is 0.795. The molecule has 96 valence electrons. The summed E-state index contributed by atoms with van der Waals surface area (Å²) in [5.74, 6) is 1.45. The Bertz CT molecular complexity index is 345. The van der Waals surface area contributed by atoms with Crippen molar-refractivity contribution in [3.63, 3.8) is 0 Å². The molecule has 0 amide bonds. The van der Waals surface area contributed by atoms with Crippen molar-refractivity contribution in [1.82, 2.24) is 10.3 Å². The molecule has 0 radical (unpaired) electrons. The summed E-state index contributed by atoms with van der Waals surface area (Å²) in [6, 6.07) is 4.83. The van der Waals surface area contributed by atoms with E-state index < -0.39 is 0 Å². The second kappa shape index (κ2) is 6.60. The molecule has 0 spiro atoms. The Kier molecular flexibility index (Phi) is 5.42. The largest absolute Gasteiger partial charge is 0.370 e. The maximum atomic E-state index is 4.61. The Morgan fingerprint density at radius 1 is 1.18 bits per heavy atom. The molecule has 0 atom stereocenters. The lowest BCUT2D eigenvalue weighted by Crippen LogP contribution is -2.22. The number of hydrogen-bond acceptors (Lipinski definition) is 3. The average molecular weight is 235 g/mol. The fourth-order valence-corrected chi connectivity index (χ4v) is 1.60. The van der Waals surface area contributed by atoms with Crippen LogP contribution in [0, 0.1) is 0 Å². The molecule has 0 saturated carbocycles. The SMILES string of the molecule is CCNc1cc(CNC(C)C)cc(C(C)C)n1. The third-order valence-electron chi connectivity index (χ3n) is 2.57. The Morgan fingerprint density at radius 2 is 1.88 bits per heavy atom. The summed E-state index contributed by atoms with van der Waals surface area (Å²) in [6.07, 6.45) is 0. The monoisotopic (exact) mass is 235 g/mol. The number of pyridine rings is 1. The zero-order chi connectivity index (χ0) is 12.8. The van der Waals surface area contributed by atoms with E-state index in [4.69, 9.17) is 0 Å². The van der Waals surface area contributed by atoms with Crippen LogP contribution in [-0.2, 0) is 6.54 Å². The third-order valence-corrected chi connectivity index (χ3v) is 2.57. The van der Waals surface area contributed by atoms with Gasteiger partial charge in [0.25, 0.3) is 0 Å². The van der Waals surface area contributed by atoms with Crippen LogP contribution < -0.4 is 10.6 Å². The summed E-state index contributed by atoms with van der Waals surface area (Å²) < 4.78 is 0. The lowest BCUT2D eigenvalue weighted by molar-refractivity contribution is 0.588. The van der Waals surface area contributed by atoms with E-state index in [2.05, 4.69) is 62.4 Å². The van der Waals surface area contributed by atoms with Gasteiger partial charge in [-0.2, -0.15) is 0 Å². The van der Waals surface area contributed by atoms with Crippen molar-refractivity contribution < 1.29 is 0 Å². The predicted molar refractivity (Wildman–Crippen MR) is 74.5 cm³/mol. The van der Waals surface area contributed by atoms with Gasteiger partial charge >= 0.3 is 0 Å². The third kappa shape index (κ3) is 4.73. The molecular formula is C14H25N3. The molecule has 0 aliphatic rings. The standard InChI is InChI=1S/C14H25N3/c1-6-15-14-8-12(9-16-11(4)5)7-13(17-14)10(2)3/h7-8,10-11,16H,6,9H2,1-5H3,(H,15,17). The zero-order valence-corrected chi connectivity index (χ0v) is 11.7. The summed E-state index contributed by atoms with van der Waals surface area (Å²) in [7, 11) is 0. The van der Waals surface area contributed by atoms with E-state index in [1.807, 2.05) is 0 Å². The fourth-order valence-electron chi connectivity index (χ4n) is 1.60. The van der Waals surface area contributed by atoms with Crippen LogP contribution in [0.25, 0.3) is 0 Å². The van der Waals surface area contributed by atoms with Crippen LogP contribution in [0.2, 0.25) is 0 Å². The van der Waals surface area contributed by atoms with Gasteiger partial charge in [-0.25, -0.2) is 4.98 Å². The minimum Gasteiger partial charge on any atom is -0.370 e. The molecule has 0 aliphatic heterocycles. The second-order valence-corrected chi connectivity index (χ2v) is 5.01. The van der Waals surface area contributed by atoms with Gasteiger partial charge in [-0.3, -0.25) is 0 Å². The maximum absolute atomic E-state index is 4.61. The van der Waals surface area contributed by atoms with Gasteiger partial charge in [-0.05, 0) is 30.5 Å². The topological polar surface area (TPSA) is 37.0 Å². The Hall–Kier alpha value is -1.09. The van der Waals surface area contributed by atoms with Gasteiger partial charge in [0, 0.05) is 24.8 Å². The van der Waals surface area contributed by atoms with Crippen LogP contribution in [0.1, 0.15) is 51.8 Å². The molecule has 1 aromatic rings. The van der Waals surface area contributed by atoms with Crippen molar-refractivity contribution in [3.8, 4) is 0 Å². The highest BCUT2D eigenvalue weighted by Gasteiger charge is 2.06. The van der Waals surface area contributed by atoms with Gasteiger partial charge in [0.2, 0.25) is 0 Å². The molecule has 1 rings (SSSR count). The van der Waals surface area contributed by atoms with Crippen molar-refractivity contribution in [2.75, 3.05) is 11.9 Å². The summed E-state index contributed by atoms with van der Waals surface area (Å²) in [4.78, 5) is 4.61. The Labute approximate surface area is 105 Å². The van der Waals surface area contributed by atoms with Crippen LogP contribution >= 0.6 is 0 Å². The number of hydrogen-bond donors (Lipinski definition) is 2. The number of aromatic nitrogens is 1. The van der Waals surface area contributed by atoms with Gasteiger partial charge in [0.05, 0.1) is 0 Å².